The van der Waals surface area contributed by atoms with Crippen LogP contribution in [0.2, 0.25) is 0 Å². The number of halogens is 1. The zero-order valence-electron chi connectivity index (χ0n) is 15.4. The van der Waals surface area contributed by atoms with Gasteiger partial charge >= 0.3 is 0 Å². The van der Waals surface area contributed by atoms with Crippen molar-refractivity contribution < 1.29 is 13.9 Å². The third kappa shape index (κ3) is 4.89. The van der Waals surface area contributed by atoms with Crippen LogP contribution >= 0.6 is 0 Å². The van der Waals surface area contributed by atoms with E-state index in [0.29, 0.717) is 36.8 Å². The Hall–Kier alpha value is -3.33. The number of amides is 1. The molecule has 1 heterocycles. The maximum atomic E-state index is 13.2. The van der Waals surface area contributed by atoms with Crippen LogP contribution in [0.4, 0.5) is 10.1 Å². The summed E-state index contributed by atoms with van der Waals surface area (Å²) in [7, 11) is 0. The number of anilines is 1. The van der Waals surface area contributed by atoms with Gasteiger partial charge in [0.1, 0.15) is 30.0 Å². The van der Waals surface area contributed by atoms with E-state index in [9.17, 15) is 9.18 Å². The smallest absolute Gasteiger partial charge is 0.249 e. The second-order valence-electron chi connectivity index (χ2n) is 6.17. The summed E-state index contributed by atoms with van der Waals surface area (Å²) in [6.45, 7) is 2.56. The van der Waals surface area contributed by atoms with Crippen LogP contribution < -0.4 is 15.8 Å². The number of rotatable bonds is 8. The van der Waals surface area contributed by atoms with E-state index in [4.69, 9.17) is 10.5 Å². The lowest BCUT2D eigenvalue weighted by atomic mass is 10.0. The van der Waals surface area contributed by atoms with E-state index in [1.165, 1.54) is 16.8 Å². The first-order valence-electron chi connectivity index (χ1n) is 8.79. The van der Waals surface area contributed by atoms with Gasteiger partial charge in [-0.2, -0.15) is 0 Å². The van der Waals surface area contributed by atoms with Gasteiger partial charge in [-0.1, -0.05) is 12.1 Å². The minimum atomic E-state index is -0.686. The fourth-order valence-electron chi connectivity index (χ4n) is 2.70. The molecule has 28 heavy (non-hydrogen) atoms. The third-order valence-electron chi connectivity index (χ3n) is 4.11. The highest BCUT2D eigenvalue weighted by Crippen LogP contribution is 2.20. The average Bonchev–Trinajstić information content (AvgIpc) is 3.12. The number of nitrogens with zero attached hydrogens (tertiary/aromatic N) is 4. The standard InChI is InChI=1S/C19H21FN6O2/c1-13-23-24-25-26(13)18(12-14-2-4-15(20)5-3-14)19(27)22-16-6-8-17(9-7-16)28-11-10-21/h2-9,18H,10-12,21H2,1H3,(H,22,27). The Morgan fingerprint density at radius 2 is 1.93 bits per heavy atom. The van der Waals surface area contributed by atoms with E-state index < -0.39 is 6.04 Å². The van der Waals surface area contributed by atoms with Crippen molar-refractivity contribution in [3.63, 3.8) is 0 Å². The van der Waals surface area contributed by atoms with Crippen LogP contribution in [-0.4, -0.2) is 39.3 Å². The summed E-state index contributed by atoms with van der Waals surface area (Å²) in [5.74, 6) is 0.561. The SMILES string of the molecule is Cc1nnnn1C(Cc1ccc(F)cc1)C(=O)Nc1ccc(OCCN)cc1. The van der Waals surface area contributed by atoms with Gasteiger partial charge in [0.25, 0.3) is 0 Å². The van der Waals surface area contributed by atoms with Crippen molar-refractivity contribution >= 4 is 11.6 Å². The number of hydrogen-bond donors (Lipinski definition) is 2. The van der Waals surface area contributed by atoms with Gasteiger partial charge in [-0.05, 0) is 59.3 Å². The van der Waals surface area contributed by atoms with Crippen molar-refractivity contribution in [2.24, 2.45) is 5.73 Å². The van der Waals surface area contributed by atoms with E-state index in [1.54, 1.807) is 43.3 Å². The second kappa shape index (κ2) is 9.05. The Morgan fingerprint density at radius 1 is 1.21 bits per heavy atom. The summed E-state index contributed by atoms with van der Waals surface area (Å²) >= 11 is 0. The summed E-state index contributed by atoms with van der Waals surface area (Å²) < 4.78 is 20.1. The highest BCUT2D eigenvalue weighted by atomic mass is 19.1. The topological polar surface area (TPSA) is 108 Å². The normalized spacial score (nSPS) is 11.8. The molecule has 3 N–H and O–H groups in total. The zero-order valence-corrected chi connectivity index (χ0v) is 15.4. The second-order valence-corrected chi connectivity index (χ2v) is 6.17. The van der Waals surface area contributed by atoms with Crippen LogP contribution in [0.25, 0.3) is 0 Å². The first-order chi connectivity index (χ1) is 13.6. The van der Waals surface area contributed by atoms with E-state index in [2.05, 4.69) is 20.8 Å². The van der Waals surface area contributed by atoms with Gasteiger partial charge in [-0.3, -0.25) is 4.79 Å². The van der Waals surface area contributed by atoms with Gasteiger partial charge in [-0.15, -0.1) is 5.10 Å². The summed E-state index contributed by atoms with van der Waals surface area (Å²) in [6.07, 6.45) is 0.315. The highest BCUT2D eigenvalue weighted by Gasteiger charge is 2.24. The van der Waals surface area contributed by atoms with Gasteiger partial charge in [0.05, 0.1) is 0 Å². The molecule has 0 saturated heterocycles. The Morgan fingerprint density at radius 3 is 2.54 bits per heavy atom. The van der Waals surface area contributed by atoms with Crippen LogP contribution in [0.5, 0.6) is 5.75 Å². The quantitative estimate of drug-likeness (QED) is 0.614. The van der Waals surface area contributed by atoms with E-state index >= 15 is 0 Å². The molecule has 146 valence electrons. The molecule has 0 aliphatic carbocycles. The van der Waals surface area contributed by atoms with Crippen LogP contribution in [0.1, 0.15) is 17.4 Å². The van der Waals surface area contributed by atoms with Gasteiger partial charge in [0.15, 0.2) is 0 Å². The molecule has 0 aliphatic heterocycles. The van der Waals surface area contributed by atoms with Gasteiger partial charge in [0, 0.05) is 18.7 Å². The fourth-order valence-corrected chi connectivity index (χ4v) is 2.70. The van der Waals surface area contributed by atoms with Gasteiger partial charge < -0.3 is 15.8 Å². The molecule has 1 unspecified atom stereocenters. The van der Waals surface area contributed by atoms with Crippen LogP contribution in [0.15, 0.2) is 48.5 Å². The average molecular weight is 384 g/mol. The predicted octanol–water partition coefficient (Wildman–Crippen LogP) is 1.88. The summed E-state index contributed by atoms with van der Waals surface area (Å²) in [5.41, 5.74) is 6.82. The van der Waals surface area contributed by atoms with Crippen molar-refractivity contribution in [1.29, 1.82) is 0 Å². The zero-order chi connectivity index (χ0) is 19.9. The number of tetrazole rings is 1. The summed E-state index contributed by atoms with van der Waals surface area (Å²) in [5, 5.41) is 14.3. The lowest BCUT2D eigenvalue weighted by Gasteiger charge is -2.18. The number of carbonyl (C=O) groups excluding carboxylic acids is 1. The molecule has 1 atom stereocenters. The number of aromatic nitrogens is 4. The molecule has 0 radical (unpaired) electrons. The lowest BCUT2D eigenvalue weighted by Crippen LogP contribution is -2.29. The van der Waals surface area contributed by atoms with Gasteiger partial charge in [0.2, 0.25) is 5.91 Å². The molecule has 8 nitrogen and oxygen atoms in total. The molecule has 3 rings (SSSR count). The van der Waals surface area contributed by atoms with E-state index in [0.717, 1.165) is 5.56 Å². The fraction of sp³-hybridized carbons (Fsp3) is 0.263. The highest BCUT2D eigenvalue weighted by molar-refractivity contribution is 5.93. The molecule has 1 amide bonds. The first-order valence-corrected chi connectivity index (χ1v) is 8.79. The van der Waals surface area contributed by atoms with E-state index in [-0.39, 0.29) is 11.7 Å². The molecule has 9 heteroatoms. The van der Waals surface area contributed by atoms with Crippen molar-refractivity contribution in [3.8, 4) is 5.75 Å². The van der Waals surface area contributed by atoms with Crippen LogP contribution in [0, 0.1) is 12.7 Å². The largest absolute Gasteiger partial charge is 0.492 e. The molecule has 0 spiro atoms. The third-order valence-corrected chi connectivity index (χ3v) is 4.11. The molecule has 0 bridgehead atoms. The number of ether oxygens (including phenoxy) is 1. The molecular weight excluding hydrogens is 363 g/mol. The molecule has 1 aromatic heterocycles. The monoisotopic (exact) mass is 384 g/mol. The molecule has 3 aromatic rings. The molecule has 2 aromatic carbocycles. The van der Waals surface area contributed by atoms with Gasteiger partial charge in [-0.25, -0.2) is 9.07 Å². The number of nitrogens with one attached hydrogen (secondary N) is 1. The summed E-state index contributed by atoms with van der Waals surface area (Å²) in [6, 6.07) is 12.3. The Bertz CT molecular complexity index is 911. The Balaban J connectivity index is 1.76. The van der Waals surface area contributed by atoms with Crippen molar-refractivity contribution in [1.82, 2.24) is 20.2 Å². The molecule has 0 fully saturated rings. The number of aryl methyl sites for hydroxylation is 1. The van der Waals surface area contributed by atoms with Crippen LogP contribution in [0.3, 0.4) is 0 Å². The Kier molecular flexibility index (Phi) is 6.28. The van der Waals surface area contributed by atoms with Crippen molar-refractivity contribution in [2.75, 3.05) is 18.5 Å². The summed E-state index contributed by atoms with van der Waals surface area (Å²) in [4.78, 5) is 12.9. The number of benzene rings is 2. The van der Waals surface area contributed by atoms with E-state index in [1.807, 2.05) is 0 Å². The van der Waals surface area contributed by atoms with Crippen molar-refractivity contribution in [3.05, 3.63) is 65.7 Å². The maximum absolute atomic E-state index is 13.2. The Labute approximate surface area is 161 Å². The minimum Gasteiger partial charge on any atom is -0.492 e. The number of hydrogen-bond acceptors (Lipinski definition) is 6. The maximum Gasteiger partial charge on any atom is 0.249 e. The van der Waals surface area contributed by atoms with Crippen LogP contribution in [-0.2, 0) is 11.2 Å². The number of carbonyl (C=O) groups is 1. The minimum absolute atomic E-state index is 0.282. The predicted molar refractivity (Wildman–Crippen MR) is 101 cm³/mol. The number of nitrogens with two attached hydrogens (primary N) is 1. The molecule has 0 aliphatic rings. The molecular formula is C19H21FN6O2. The van der Waals surface area contributed by atoms with Crippen molar-refractivity contribution in [2.45, 2.75) is 19.4 Å². The lowest BCUT2D eigenvalue weighted by molar-refractivity contribution is -0.119. The molecule has 0 saturated carbocycles. The first kappa shape index (κ1) is 19.4.